The van der Waals surface area contributed by atoms with Gasteiger partial charge < -0.3 is 0 Å². The number of sulfone groups is 1. The Morgan fingerprint density at radius 1 is 1.43 bits per heavy atom. The number of alkyl halides is 2. The minimum atomic E-state index is -3.12. The molecule has 21 heavy (non-hydrogen) atoms. The third kappa shape index (κ3) is 4.33. The van der Waals surface area contributed by atoms with Gasteiger partial charge in [0, 0.05) is 31.2 Å². The number of aldehydes is 1. The summed E-state index contributed by atoms with van der Waals surface area (Å²) in [5.74, 6) is -2.87. The Balaban J connectivity index is 2.12. The second kappa shape index (κ2) is 5.82. The molecule has 1 saturated carbocycles. The van der Waals surface area contributed by atoms with Crippen LogP contribution in [-0.4, -0.2) is 42.4 Å². The molecule has 0 unspecified atom stereocenters. The first-order valence-electron chi connectivity index (χ1n) is 6.78. The van der Waals surface area contributed by atoms with Crippen LogP contribution >= 0.6 is 0 Å². The van der Waals surface area contributed by atoms with Gasteiger partial charge in [-0.3, -0.25) is 9.48 Å². The number of hydrogen-bond donors (Lipinski definition) is 0. The number of rotatable bonds is 5. The lowest BCUT2D eigenvalue weighted by molar-refractivity contribution is -0.0385. The predicted octanol–water partition coefficient (Wildman–Crippen LogP) is 2.03. The van der Waals surface area contributed by atoms with Crippen LogP contribution in [0.3, 0.4) is 0 Å². The summed E-state index contributed by atoms with van der Waals surface area (Å²) in [4.78, 5) is 11.1. The smallest absolute Gasteiger partial charge is 0.248 e. The lowest BCUT2D eigenvalue weighted by Gasteiger charge is -2.27. The minimum absolute atomic E-state index is 0.0743. The maximum Gasteiger partial charge on any atom is 0.248 e. The van der Waals surface area contributed by atoms with Crippen LogP contribution in [0.1, 0.15) is 47.7 Å². The molecule has 1 aliphatic carbocycles. The highest BCUT2D eigenvalue weighted by Gasteiger charge is 2.36. The average Bonchev–Trinajstić information content (AvgIpc) is 2.79. The van der Waals surface area contributed by atoms with Crippen LogP contribution in [0.4, 0.5) is 8.78 Å². The first-order chi connectivity index (χ1) is 9.70. The van der Waals surface area contributed by atoms with E-state index in [0.29, 0.717) is 17.5 Å². The number of halogens is 2. The van der Waals surface area contributed by atoms with Crippen molar-refractivity contribution < 1.29 is 22.0 Å². The van der Waals surface area contributed by atoms with Crippen molar-refractivity contribution in [1.82, 2.24) is 9.78 Å². The summed E-state index contributed by atoms with van der Waals surface area (Å²) in [7, 11) is -3.12. The maximum absolute atomic E-state index is 13.2. The van der Waals surface area contributed by atoms with Crippen LogP contribution in [0.25, 0.3) is 0 Å². The normalized spacial score (nSPS) is 19.6. The molecule has 0 saturated heterocycles. The van der Waals surface area contributed by atoms with Crippen molar-refractivity contribution in [3.8, 4) is 0 Å². The predicted molar refractivity (Wildman–Crippen MR) is 73.5 cm³/mol. The molecule has 0 aliphatic heterocycles. The molecule has 0 N–H and O–H groups in total. The van der Waals surface area contributed by atoms with E-state index in [1.807, 2.05) is 0 Å². The Morgan fingerprint density at radius 3 is 2.57 bits per heavy atom. The number of nitrogens with zero attached hydrogens (tertiary/aromatic N) is 2. The molecule has 5 nitrogen and oxygen atoms in total. The highest BCUT2D eigenvalue weighted by atomic mass is 32.2. The average molecular weight is 320 g/mol. The molecule has 0 aromatic carbocycles. The molecule has 8 heteroatoms. The molecule has 118 valence electrons. The summed E-state index contributed by atoms with van der Waals surface area (Å²) >= 11 is 0. The molecule has 1 heterocycles. The molecule has 1 aliphatic rings. The van der Waals surface area contributed by atoms with Gasteiger partial charge in [0.05, 0.1) is 23.6 Å². The Morgan fingerprint density at radius 2 is 2.05 bits per heavy atom. The van der Waals surface area contributed by atoms with Gasteiger partial charge in [-0.1, -0.05) is 0 Å². The van der Waals surface area contributed by atoms with Crippen molar-refractivity contribution in [2.24, 2.45) is 0 Å². The van der Waals surface area contributed by atoms with E-state index in [2.05, 4.69) is 5.10 Å². The van der Waals surface area contributed by atoms with Crippen molar-refractivity contribution in [1.29, 1.82) is 0 Å². The molecule has 1 fully saturated rings. The van der Waals surface area contributed by atoms with E-state index in [1.54, 1.807) is 0 Å². The van der Waals surface area contributed by atoms with Crippen LogP contribution in [-0.2, 0) is 16.4 Å². The van der Waals surface area contributed by atoms with E-state index >= 15 is 0 Å². The van der Waals surface area contributed by atoms with E-state index in [0.717, 1.165) is 6.26 Å². The van der Waals surface area contributed by atoms with Crippen LogP contribution in [0.5, 0.6) is 0 Å². The van der Waals surface area contributed by atoms with Gasteiger partial charge >= 0.3 is 0 Å². The highest BCUT2D eigenvalue weighted by Crippen LogP contribution is 2.41. The van der Waals surface area contributed by atoms with Crippen molar-refractivity contribution in [3.63, 3.8) is 0 Å². The van der Waals surface area contributed by atoms with E-state index in [4.69, 9.17) is 0 Å². The zero-order chi connectivity index (χ0) is 15.7. The van der Waals surface area contributed by atoms with Gasteiger partial charge in [-0.15, -0.1) is 0 Å². The van der Waals surface area contributed by atoms with Gasteiger partial charge in [0.25, 0.3) is 0 Å². The van der Waals surface area contributed by atoms with E-state index in [1.165, 1.54) is 10.9 Å². The largest absolute Gasteiger partial charge is 0.298 e. The van der Waals surface area contributed by atoms with E-state index < -0.39 is 15.8 Å². The molecule has 2 rings (SSSR count). The zero-order valence-corrected chi connectivity index (χ0v) is 12.6. The third-order valence-electron chi connectivity index (χ3n) is 3.74. The molecule has 0 atom stereocenters. The molecule has 0 bridgehead atoms. The molecular formula is C13H18F2N2O3S. The van der Waals surface area contributed by atoms with Crippen molar-refractivity contribution >= 4 is 16.1 Å². The second-order valence-corrected chi connectivity index (χ2v) is 7.87. The van der Waals surface area contributed by atoms with Crippen LogP contribution < -0.4 is 0 Å². The molecule has 1 aromatic heterocycles. The van der Waals surface area contributed by atoms with Crippen LogP contribution in [0.15, 0.2) is 6.20 Å². The number of hydrogen-bond acceptors (Lipinski definition) is 4. The summed E-state index contributed by atoms with van der Waals surface area (Å²) in [6.07, 6.45) is 3.43. The van der Waals surface area contributed by atoms with Crippen LogP contribution in [0.2, 0.25) is 0 Å². The fourth-order valence-corrected chi connectivity index (χ4v) is 3.07. The number of carbonyl (C=O) groups excluding carboxylic acids is 1. The molecule has 0 amide bonds. The minimum Gasteiger partial charge on any atom is -0.298 e. The number of aryl methyl sites for hydroxylation is 1. The Labute approximate surface area is 122 Å². The van der Waals surface area contributed by atoms with Crippen molar-refractivity contribution in [2.45, 2.75) is 44.1 Å². The van der Waals surface area contributed by atoms with Gasteiger partial charge in [0.2, 0.25) is 5.92 Å². The maximum atomic E-state index is 13.2. The highest BCUT2D eigenvalue weighted by molar-refractivity contribution is 7.90. The Hall–Kier alpha value is -1.31. The third-order valence-corrected chi connectivity index (χ3v) is 4.67. The lowest BCUT2D eigenvalue weighted by atomic mass is 9.84. The summed E-state index contributed by atoms with van der Waals surface area (Å²) in [6, 6.07) is 0. The topological polar surface area (TPSA) is 69.0 Å². The Bertz CT molecular complexity index is 615. The summed E-state index contributed by atoms with van der Waals surface area (Å²) in [6.45, 7) is 0.155. The van der Waals surface area contributed by atoms with Gasteiger partial charge in [0.1, 0.15) is 9.84 Å². The van der Waals surface area contributed by atoms with Gasteiger partial charge in [-0.05, 0) is 12.8 Å². The van der Waals surface area contributed by atoms with Gasteiger partial charge in [-0.2, -0.15) is 5.10 Å². The molecule has 0 spiro atoms. The van der Waals surface area contributed by atoms with E-state index in [-0.39, 0.29) is 43.9 Å². The second-order valence-electron chi connectivity index (χ2n) is 5.61. The summed E-state index contributed by atoms with van der Waals surface area (Å²) < 4.78 is 50.0. The summed E-state index contributed by atoms with van der Waals surface area (Å²) in [5.41, 5.74) is 0.868. The SMILES string of the molecule is CS(=O)(=O)CCn1cc(C=O)c(C2CCC(F)(F)CC2)n1. The summed E-state index contributed by atoms with van der Waals surface area (Å²) in [5, 5.41) is 4.23. The van der Waals surface area contributed by atoms with Crippen molar-refractivity contribution in [2.75, 3.05) is 12.0 Å². The van der Waals surface area contributed by atoms with Gasteiger partial charge in [-0.25, -0.2) is 17.2 Å². The fraction of sp³-hybridized carbons (Fsp3) is 0.692. The van der Waals surface area contributed by atoms with Gasteiger partial charge in [0.15, 0.2) is 6.29 Å². The monoisotopic (exact) mass is 320 g/mol. The Kier molecular flexibility index (Phi) is 4.46. The number of carbonyl (C=O) groups is 1. The fourth-order valence-electron chi connectivity index (χ4n) is 2.55. The van der Waals surface area contributed by atoms with E-state index in [9.17, 15) is 22.0 Å². The quantitative estimate of drug-likeness (QED) is 0.779. The first-order valence-corrected chi connectivity index (χ1v) is 8.84. The van der Waals surface area contributed by atoms with Crippen molar-refractivity contribution in [3.05, 3.63) is 17.5 Å². The van der Waals surface area contributed by atoms with Crippen LogP contribution in [0, 0.1) is 0 Å². The standard InChI is InChI=1S/C13H18F2N2O3S/c1-21(19,20)7-6-17-8-11(9-18)12(16-17)10-2-4-13(14,15)5-3-10/h8-10H,2-7H2,1H3. The lowest BCUT2D eigenvalue weighted by Crippen LogP contribution is -2.24. The first kappa shape index (κ1) is 16.1. The molecule has 1 aromatic rings. The molecular weight excluding hydrogens is 302 g/mol. The molecule has 0 radical (unpaired) electrons. The zero-order valence-electron chi connectivity index (χ0n) is 11.8. The number of aromatic nitrogens is 2.